The van der Waals surface area contributed by atoms with Gasteiger partial charge in [-0.1, -0.05) is 15.9 Å². The maximum atomic E-state index is 13.1. The summed E-state index contributed by atoms with van der Waals surface area (Å²) in [5.74, 6) is 4.00. The molecule has 0 unspecified atom stereocenters. The summed E-state index contributed by atoms with van der Waals surface area (Å²) < 4.78 is 13.6. The lowest BCUT2D eigenvalue weighted by Crippen LogP contribution is -2.30. The minimum absolute atomic E-state index is 0.231. The maximum absolute atomic E-state index is 13.1. The van der Waals surface area contributed by atoms with Crippen molar-refractivity contribution in [3.63, 3.8) is 0 Å². The van der Waals surface area contributed by atoms with Crippen LogP contribution in [-0.4, -0.2) is 5.91 Å². The van der Waals surface area contributed by atoms with Gasteiger partial charge in [-0.05, 0) is 24.6 Å². The Bertz CT molecular complexity index is 354. The highest BCUT2D eigenvalue weighted by atomic mass is 79.9. The van der Waals surface area contributed by atoms with E-state index in [4.69, 9.17) is 5.84 Å². The van der Waals surface area contributed by atoms with Crippen LogP contribution in [-0.2, 0) is 0 Å². The Morgan fingerprint density at radius 3 is 2.77 bits per heavy atom. The first-order valence-electron chi connectivity index (χ1n) is 3.53. The number of halogens is 2. The van der Waals surface area contributed by atoms with Gasteiger partial charge < -0.3 is 0 Å². The Labute approximate surface area is 83.2 Å². The van der Waals surface area contributed by atoms with E-state index in [0.717, 1.165) is 0 Å². The van der Waals surface area contributed by atoms with Crippen LogP contribution in [0.4, 0.5) is 4.39 Å². The molecule has 0 fully saturated rings. The molecule has 1 aromatic carbocycles. The van der Waals surface area contributed by atoms with Crippen LogP contribution in [0, 0.1) is 12.7 Å². The zero-order valence-electron chi connectivity index (χ0n) is 6.90. The molecular formula is C8H8BrFN2O. The molecule has 70 valence electrons. The maximum Gasteiger partial charge on any atom is 0.265 e. The van der Waals surface area contributed by atoms with E-state index in [0.29, 0.717) is 4.47 Å². The number of nitrogens with two attached hydrogens (primary N) is 1. The van der Waals surface area contributed by atoms with Crippen LogP contribution in [0.25, 0.3) is 0 Å². The van der Waals surface area contributed by atoms with Gasteiger partial charge in [-0.3, -0.25) is 10.2 Å². The predicted molar refractivity (Wildman–Crippen MR) is 50.5 cm³/mol. The van der Waals surface area contributed by atoms with Crippen molar-refractivity contribution in [1.82, 2.24) is 5.43 Å². The molecule has 1 aromatic rings. The van der Waals surface area contributed by atoms with Gasteiger partial charge in [-0.2, -0.15) is 0 Å². The molecule has 0 bridgehead atoms. The van der Waals surface area contributed by atoms with Gasteiger partial charge in [-0.25, -0.2) is 10.2 Å². The predicted octanol–water partition coefficient (Wildman–Crippen LogP) is 1.50. The van der Waals surface area contributed by atoms with Crippen LogP contribution < -0.4 is 11.3 Å². The van der Waals surface area contributed by atoms with Crippen LogP contribution in [0.3, 0.4) is 0 Å². The summed E-state index contributed by atoms with van der Waals surface area (Å²) in [4.78, 5) is 11.1. The van der Waals surface area contributed by atoms with Crippen molar-refractivity contribution in [1.29, 1.82) is 0 Å². The Morgan fingerprint density at radius 1 is 1.62 bits per heavy atom. The highest BCUT2D eigenvalue weighted by Crippen LogP contribution is 2.19. The van der Waals surface area contributed by atoms with Crippen molar-refractivity contribution in [3.05, 3.63) is 33.5 Å². The van der Waals surface area contributed by atoms with E-state index in [1.807, 2.05) is 5.43 Å². The summed E-state index contributed by atoms with van der Waals surface area (Å²) in [5, 5.41) is 0. The molecule has 3 N–H and O–H groups in total. The summed E-state index contributed by atoms with van der Waals surface area (Å²) in [5.41, 5.74) is 2.46. The molecule has 0 saturated carbocycles. The lowest BCUT2D eigenvalue weighted by atomic mass is 10.1. The second-order valence-electron chi connectivity index (χ2n) is 2.53. The number of carbonyl (C=O) groups excluding carboxylic acids is 1. The summed E-state index contributed by atoms with van der Waals surface area (Å²) in [6.07, 6.45) is 0. The highest BCUT2D eigenvalue weighted by Gasteiger charge is 2.11. The SMILES string of the molecule is Cc1c(F)cc(Br)cc1C(=O)NN. The van der Waals surface area contributed by atoms with E-state index >= 15 is 0 Å². The van der Waals surface area contributed by atoms with Crippen molar-refractivity contribution in [2.75, 3.05) is 0 Å². The Balaban J connectivity index is 3.28. The lowest BCUT2D eigenvalue weighted by molar-refractivity contribution is 0.0952. The first kappa shape index (κ1) is 10.1. The Hall–Kier alpha value is -0.940. The topological polar surface area (TPSA) is 55.1 Å². The van der Waals surface area contributed by atoms with Gasteiger partial charge in [0.2, 0.25) is 0 Å². The molecule has 0 radical (unpaired) electrons. The first-order chi connectivity index (χ1) is 6.06. The van der Waals surface area contributed by atoms with Crippen molar-refractivity contribution < 1.29 is 9.18 Å². The number of nitrogen functional groups attached to an aromatic ring is 1. The molecule has 0 aliphatic carbocycles. The molecule has 0 atom stereocenters. The van der Waals surface area contributed by atoms with Crippen LogP contribution in [0.15, 0.2) is 16.6 Å². The number of hydrogen-bond donors (Lipinski definition) is 2. The normalized spacial score (nSPS) is 9.85. The second-order valence-corrected chi connectivity index (χ2v) is 3.45. The third-order valence-corrected chi connectivity index (χ3v) is 2.14. The smallest absolute Gasteiger partial charge is 0.265 e. The van der Waals surface area contributed by atoms with Crippen molar-refractivity contribution in [2.45, 2.75) is 6.92 Å². The Kier molecular flexibility index (Phi) is 3.00. The van der Waals surface area contributed by atoms with E-state index in [1.165, 1.54) is 19.1 Å². The highest BCUT2D eigenvalue weighted by molar-refractivity contribution is 9.10. The van der Waals surface area contributed by atoms with Crippen LogP contribution in [0.5, 0.6) is 0 Å². The fourth-order valence-electron chi connectivity index (χ4n) is 0.959. The van der Waals surface area contributed by atoms with E-state index in [-0.39, 0.29) is 11.1 Å². The van der Waals surface area contributed by atoms with Crippen molar-refractivity contribution in [3.8, 4) is 0 Å². The minimum Gasteiger partial charge on any atom is -0.290 e. The zero-order valence-corrected chi connectivity index (χ0v) is 8.48. The molecule has 0 heterocycles. The van der Waals surface area contributed by atoms with Crippen LogP contribution in [0.1, 0.15) is 15.9 Å². The molecule has 5 heteroatoms. The average Bonchev–Trinajstić information content (AvgIpc) is 2.10. The van der Waals surface area contributed by atoms with E-state index < -0.39 is 11.7 Å². The molecule has 1 amide bonds. The number of carbonyl (C=O) groups is 1. The summed E-state index contributed by atoms with van der Waals surface area (Å²) in [6.45, 7) is 1.52. The molecule has 0 spiro atoms. The number of nitrogens with one attached hydrogen (secondary N) is 1. The number of hydrazine groups is 1. The largest absolute Gasteiger partial charge is 0.290 e. The van der Waals surface area contributed by atoms with Crippen LogP contribution in [0.2, 0.25) is 0 Å². The van der Waals surface area contributed by atoms with Gasteiger partial charge in [0.1, 0.15) is 5.82 Å². The van der Waals surface area contributed by atoms with Crippen molar-refractivity contribution >= 4 is 21.8 Å². The van der Waals surface area contributed by atoms with Gasteiger partial charge >= 0.3 is 0 Å². The molecule has 3 nitrogen and oxygen atoms in total. The summed E-state index contributed by atoms with van der Waals surface area (Å²) >= 11 is 3.08. The van der Waals surface area contributed by atoms with Gasteiger partial charge in [-0.15, -0.1) is 0 Å². The van der Waals surface area contributed by atoms with Gasteiger partial charge in [0.25, 0.3) is 5.91 Å². The third kappa shape index (κ3) is 2.05. The fourth-order valence-corrected chi connectivity index (χ4v) is 1.39. The standard InChI is InChI=1S/C8H8BrFN2O/c1-4-6(8(13)12-11)2-5(9)3-7(4)10/h2-3H,11H2,1H3,(H,12,13). The monoisotopic (exact) mass is 246 g/mol. The average molecular weight is 247 g/mol. The van der Waals surface area contributed by atoms with Gasteiger partial charge in [0, 0.05) is 10.0 Å². The number of amides is 1. The quantitative estimate of drug-likeness (QED) is 0.449. The summed E-state index contributed by atoms with van der Waals surface area (Å²) in [7, 11) is 0. The second kappa shape index (κ2) is 3.85. The molecule has 0 aliphatic heterocycles. The molecular weight excluding hydrogens is 239 g/mol. The van der Waals surface area contributed by atoms with E-state index in [2.05, 4.69) is 15.9 Å². The van der Waals surface area contributed by atoms with E-state index in [9.17, 15) is 9.18 Å². The molecule has 1 rings (SSSR count). The molecule has 13 heavy (non-hydrogen) atoms. The first-order valence-corrected chi connectivity index (χ1v) is 4.32. The number of hydrogen-bond acceptors (Lipinski definition) is 2. The Morgan fingerprint density at radius 2 is 2.23 bits per heavy atom. The third-order valence-electron chi connectivity index (χ3n) is 1.68. The van der Waals surface area contributed by atoms with Gasteiger partial charge in [0.15, 0.2) is 0 Å². The van der Waals surface area contributed by atoms with Crippen LogP contribution >= 0.6 is 15.9 Å². The molecule has 0 aliphatic rings. The fraction of sp³-hybridized carbons (Fsp3) is 0.125. The summed E-state index contributed by atoms with van der Waals surface area (Å²) in [6, 6.07) is 2.81. The minimum atomic E-state index is -0.502. The molecule has 0 saturated heterocycles. The molecule has 0 aromatic heterocycles. The lowest BCUT2D eigenvalue weighted by Gasteiger charge is -2.05. The van der Waals surface area contributed by atoms with E-state index in [1.54, 1.807) is 0 Å². The van der Waals surface area contributed by atoms with Gasteiger partial charge in [0.05, 0.1) is 0 Å². The van der Waals surface area contributed by atoms with Crippen molar-refractivity contribution in [2.24, 2.45) is 5.84 Å². The zero-order chi connectivity index (χ0) is 10.0. The number of rotatable bonds is 1. The number of benzene rings is 1.